The fourth-order valence-electron chi connectivity index (χ4n) is 1.89. The molecule has 0 saturated heterocycles. The highest BCUT2D eigenvalue weighted by Crippen LogP contribution is 2.10. The predicted molar refractivity (Wildman–Crippen MR) is 77.6 cm³/mol. The molecule has 0 aromatic heterocycles. The Balaban J connectivity index is 2.85. The second kappa shape index (κ2) is 16.3. The standard InChI is InChI=1S/C14H30O2S/c1-2-3-4-5-6-7-8-9-10-11-12-15-13-14-16-17/h17H,2-14H2,1H3. The molecule has 104 valence electrons. The van der Waals surface area contributed by atoms with Gasteiger partial charge in [0.05, 0.1) is 13.2 Å². The first-order valence-electron chi connectivity index (χ1n) is 7.26. The van der Waals surface area contributed by atoms with Crippen molar-refractivity contribution in [1.82, 2.24) is 0 Å². The minimum atomic E-state index is 0.584. The number of hydrogen-bond donors (Lipinski definition) is 1. The minimum absolute atomic E-state index is 0.584. The molecule has 0 aliphatic heterocycles. The average Bonchev–Trinajstić information content (AvgIpc) is 2.35. The van der Waals surface area contributed by atoms with Crippen LogP contribution in [0, 0.1) is 0 Å². The molecule has 0 amide bonds. The zero-order valence-electron chi connectivity index (χ0n) is 11.5. The van der Waals surface area contributed by atoms with Crippen molar-refractivity contribution in [1.29, 1.82) is 0 Å². The molecule has 0 aliphatic carbocycles. The summed E-state index contributed by atoms with van der Waals surface area (Å²) in [6.07, 6.45) is 13.7. The van der Waals surface area contributed by atoms with Crippen LogP contribution in [0.5, 0.6) is 0 Å². The highest BCUT2D eigenvalue weighted by molar-refractivity contribution is 7.75. The summed E-state index contributed by atoms with van der Waals surface area (Å²) >= 11 is 3.65. The minimum Gasteiger partial charge on any atom is -0.379 e. The smallest absolute Gasteiger partial charge is 0.0844 e. The summed E-state index contributed by atoms with van der Waals surface area (Å²) in [5.41, 5.74) is 0. The molecule has 0 aromatic rings. The second-order valence-corrected chi connectivity index (χ2v) is 4.89. The molecule has 0 saturated carbocycles. The van der Waals surface area contributed by atoms with Crippen LogP contribution >= 0.6 is 12.9 Å². The first-order chi connectivity index (χ1) is 8.41. The molecule has 0 fully saturated rings. The molecule has 0 radical (unpaired) electrons. The highest BCUT2D eigenvalue weighted by atomic mass is 32.1. The van der Waals surface area contributed by atoms with E-state index in [0.717, 1.165) is 6.61 Å². The quantitative estimate of drug-likeness (QED) is 0.276. The topological polar surface area (TPSA) is 18.5 Å². The van der Waals surface area contributed by atoms with Crippen molar-refractivity contribution < 1.29 is 8.92 Å². The van der Waals surface area contributed by atoms with Gasteiger partial charge < -0.3 is 8.92 Å². The zero-order valence-corrected chi connectivity index (χ0v) is 12.4. The van der Waals surface area contributed by atoms with Gasteiger partial charge >= 0.3 is 0 Å². The maximum atomic E-state index is 5.37. The molecule has 0 rings (SSSR count). The Hall–Kier alpha value is 0.270. The Kier molecular flexibility index (Phi) is 16.5. The van der Waals surface area contributed by atoms with E-state index in [0.29, 0.717) is 13.2 Å². The highest BCUT2D eigenvalue weighted by Gasteiger charge is 1.93. The SMILES string of the molecule is CCCCCCCCCCCCOCCOS. The van der Waals surface area contributed by atoms with E-state index in [9.17, 15) is 0 Å². The largest absolute Gasteiger partial charge is 0.379 e. The van der Waals surface area contributed by atoms with Crippen LogP contribution in [0.25, 0.3) is 0 Å². The van der Waals surface area contributed by atoms with E-state index in [1.165, 1.54) is 64.2 Å². The maximum Gasteiger partial charge on any atom is 0.0844 e. The Labute approximate surface area is 113 Å². The summed E-state index contributed by atoms with van der Waals surface area (Å²) in [4.78, 5) is 0. The summed E-state index contributed by atoms with van der Waals surface area (Å²) in [6.45, 7) is 4.39. The summed E-state index contributed by atoms with van der Waals surface area (Å²) in [7, 11) is 0. The van der Waals surface area contributed by atoms with Crippen LogP contribution in [-0.4, -0.2) is 19.8 Å². The number of unbranched alkanes of at least 4 members (excludes halogenated alkanes) is 9. The van der Waals surface area contributed by atoms with Crippen molar-refractivity contribution in [2.45, 2.75) is 71.1 Å². The van der Waals surface area contributed by atoms with E-state index in [2.05, 4.69) is 24.0 Å². The number of ether oxygens (including phenoxy) is 1. The molecule has 0 atom stereocenters. The lowest BCUT2D eigenvalue weighted by Gasteiger charge is -2.03. The van der Waals surface area contributed by atoms with Crippen LogP contribution < -0.4 is 0 Å². The summed E-state index contributed by atoms with van der Waals surface area (Å²) < 4.78 is 9.98. The first kappa shape index (κ1) is 17.3. The monoisotopic (exact) mass is 262 g/mol. The van der Waals surface area contributed by atoms with Gasteiger partial charge in [-0.05, 0) is 19.3 Å². The lowest BCUT2D eigenvalue weighted by molar-refractivity contribution is 0.104. The van der Waals surface area contributed by atoms with Gasteiger partial charge in [0.1, 0.15) is 0 Å². The third-order valence-corrected chi connectivity index (χ3v) is 3.14. The van der Waals surface area contributed by atoms with Crippen LogP contribution in [0.1, 0.15) is 71.1 Å². The van der Waals surface area contributed by atoms with Crippen LogP contribution in [-0.2, 0) is 8.92 Å². The normalized spacial score (nSPS) is 10.9. The first-order valence-corrected chi connectivity index (χ1v) is 7.62. The van der Waals surface area contributed by atoms with Gasteiger partial charge in [-0.25, -0.2) is 0 Å². The molecule has 0 N–H and O–H groups in total. The summed E-state index contributed by atoms with van der Waals surface area (Å²) in [6, 6.07) is 0. The van der Waals surface area contributed by atoms with Gasteiger partial charge in [0.2, 0.25) is 0 Å². The van der Waals surface area contributed by atoms with Crippen molar-refractivity contribution >= 4 is 12.9 Å². The molecule has 2 nitrogen and oxygen atoms in total. The lowest BCUT2D eigenvalue weighted by atomic mass is 10.1. The molecule has 0 aromatic carbocycles. The Morgan fingerprint density at radius 3 is 1.71 bits per heavy atom. The van der Waals surface area contributed by atoms with Crippen LogP contribution in [0.3, 0.4) is 0 Å². The lowest BCUT2D eigenvalue weighted by Crippen LogP contribution is -2.01. The average molecular weight is 262 g/mol. The molecule has 0 spiro atoms. The predicted octanol–water partition coefficient (Wildman–Crippen LogP) is 4.79. The maximum absolute atomic E-state index is 5.37. The van der Waals surface area contributed by atoms with Gasteiger partial charge in [-0.15, -0.1) is 0 Å². The van der Waals surface area contributed by atoms with E-state index >= 15 is 0 Å². The van der Waals surface area contributed by atoms with Crippen molar-refractivity contribution in [3.8, 4) is 0 Å². The van der Waals surface area contributed by atoms with Gasteiger partial charge in [0, 0.05) is 6.61 Å². The van der Waals surface area contributed by atoms with E-state index < -0.39 is 0 Å². The number of rotatable bonds is 14. The Bertz CT molecular complexity index is 117. The fraction of sp³-hybridized carbons (Fsp3) is 1.00. The van der Waals surface area contributed by atoms with Gasteiger partial charge in [-0.1, -0.05) is 64.7 Å². The Morgan fingerprint density at radius 1 is 0.647 bits per heavy atom. The summed E-state index contributed by atoms with van der Waals surface area (Å²) in [5.74, 6) is 0. The Morgan fingerprint density at radius 2 is 1.18 bits per heavy atom. The molecule has 17 heavy (non-hydrogen) atoms. The zero-order chi connectivity index (χ0) is 12.6. The van der Waals surface area contributed by atoms with E-state index in [4.69, 9.17) is 4.74 Å². The van der Waals surface area contributed by atoms with E-state index in [1.54, 1.807) is 0 Å². The second-order valence-electron chi connectivity index (χ2n) is 4.63. The van der Waals surface area contributed by atoms with Crippen LogP contribution in [0.2, 0.25) is 0 Å². The van der Waals surface area contributed by atoms with Gasteiger partial charge in [0.25, 0.3) is 0 Å². The molecule has 0 aliphatic rings. The van der Waals surface area contributed by atoms with Gasteiger partial charge in [-0.2, -0.15) is 0 Å². The number of thiol groups is 1. The molecule has 0 unspecified atom stereocenters. The third-order valence-electron chi connectivity index (χ3n) is 2.96. The van der Waals surface area contributed by atoms with Crippen LogP contribution in [0.15, 0.2) is 0 Å². The van der Waals surface area contributed by atoms with Gasteiger partial charge in [0.15, 0.2) is 0 Å². The van der Waals surface area contributed by atoms with Crippen LogP contribution in [0.4, 0.5) is 0 Å². The fourth-order valence-corrected chi connectivity index (χ4v) is 1.96. The molecular formula is C14H30O2S. The molecule has 0 bridgehead atoms. The molecular weight excluding hydrogens is 232 g/mol. The van der Waals surface area contributed by atoms with Crippen molar-refractivity contribution in [3.05, 3.63) is 0 Å². The van der Waals surface area contributed by atoms with Gasteiger partial charge in [-0.3, -0.25) is 0 Å². The van der Waals surface area contributed by atoms with Crippen molar-refractivity contribution in [3.63, 3.8) is 0 Å². The van der Waals surface area contributed by atoms with Crippen molar-refractivity contribution in [2.24, 2.45) is 0 Å². The molecule has 0 heterocycles. The number of hydrogen-bond acceptors (Lipinski definition) is 3. The van der Waals surface area contributed by atoms with E-state index in [-0.39, 0.29) is 0 Å². The van der Waals surface area contributed by atoms with E-state index in [1.807, 2.05) is 0 Å². The summed E-state index contributed by atoms with van der Waals surface area (Å²) in [5, 5.41) is 0. The van der Waals surface area contributed by atoms with Crippen molar-refractivity contribution in [2.75, 3.05) is 19.8 Å². The third kappa shape index (κ3) is 16.3. The molecule has 3 heteroatoms.